The van der Waals surface area contributed by atoms with Gasteiger partial charge in [-0.15, -0.1) is 0 Å². The maximum atomic E-state index is 14.1. The fraction of sp³-hybridized carbons (Fsp3) is 0.444. The van der Waals surface area contributed by atoms with Gasteiger partial charge in [-0.2, -0.15) is 50.5 Å². The minimum Gasteiger partial charge on any atom is -0.508 e. The summed E-state index contributed by atoms with van der Waals surface area (Å²) in [5, 5.41) is 39.9. The van der Waals surface area contributed by atoms with Crippen molar-refractivity contribution in [2.24, 2.45) is 0 Å². The molecule has 2 fully saturated rings. The molecule has 67 heavy (non-hydrogen) atoms. The first-order chi connectivity index (χ1) is 30.4. The molecule has 3 aromatic rings. The van der Waals surface area contributed by atoms with Crippen LogP contribution in [0.1, 0.15) is 6.92 Å². The summed E-state index contributed by atoms with van der Waals surface area (Å²) in [6.07, 6.45) is -28.4. The average Bonchev–Trinajstić information content (AvgIpc) is 3.11. The Balaban J connectivity index is 1.72. The third-order valence-corrected chi connectivity index (χ3v) is 11.3. The minimum absolute atomic E-state index is 0.486. The summed E-state index contributed by atoms with van der Waals surface area (Å²) in [7, 11) is -35.8. The van der Waals surface area contributed by atoms with Crippen LogP contribution in [0.15, 0.2) is 39.5 Å². The Morgan fingerprint density at radius 3 is 1.51 bits per heavy atom. The molecule has 0 radical (unpaired) electrons. The first-order valence-electron chi connectivity index (χ1n) is 17.0. The van der Waals surface area contributed by atoms with Crippen molar-refractivity contribution in [1.82, 2.24) is 0 Å². The Kier molecular flexibility index (Phi) is 15.4. The molecule has 378 valence electrons. The van der Waals surface area contributed by atoms with Gasteiger partial charge >= 0.3 is 62.4 Å². The normalized spacial score (nSPS) is 26.9. The third-order valence-electron chi connectivity index (χ3n) is 8.53. The summed E-state index contributed by atoms with van der Waals surface area (Å²) < 4.78 is 255. The molecule has 0 aliphatic carbocycles. The highest BCUT2D eigenvalue weighted by molar-refractivity contribution is 7.82. The molecule has 34 nitrogen and oxygen atoms in total. The molecule has 40 heteroatoms. The lowest BCUT2D eigenvalue weighted by atomic mass is 9.98. The van der Waals surface area contributed by atoms with Gasteiger partial charge in [0.25, 0.3) is 0 Å². The van der Waals surface area contributed by atoms with Crippen molar-refractivity contribution in [1.29, 1.82) is 0 Å². The molecule has 0 bridgehead atoms. The van der Waals surface area contributed by atoms with Crippen LogP contribution in [0.5, 0.6) is 28.7 Å². The van der Waals surface area contributed by atoms with Crippen molar-refractivity contribution in [2.45, 2.75) is 68.3 Å². The number of phenols is 4. The standard InChI is InChI=1S/C27H30O34S6/c1-8-18(56-62(33,34)35)22(58-64(39,40)41)24(60-66(45,46)47)26(52-8)51-7-15-20(57-63(36,37)38)23(59-65(42,43)44)25(61-67(48,49)50)27(54-15)55-21-17(32)16-13(31)5-10(28)6-14(16)53-19(21)9-2-3-11(29)12(30)4-9/h2-6,8,15,18,20,22-31H,7H2,1H3,(H,33,34,35)(H,36,37,38)(H,39,40,41)(H,42,43,44)(H,45,46,47)(H,48,49,50)/t8-,15+,18-,20+,22+,23-,24+,25+,26+,27-/m0/s1. The van der Waals surface area contributed by atoms with E-state index in [1.54, 1.807) is 0 Å². The Labute approximate surface area is 374 Å². The number of fused-ring (bicyclic) bond motifs is 1. The number of ether oxygens (including phenoxy) is 4. The SMILES string of the molecule is C[C@@H]1O[C@@H](OC[C@H]2O[C@@H](Oc3c(-c4ccc(O)c(O)c4)oc4cc(O)cc(O)c4c3=O)[C@H](OS(=O)(=O)O)[C@@H](OS(=O)(=O)O)[C@@H]2OS(=O)(=O)O)[C@H](OS(=O)(=O)O)[C@H](OS(=O)(=O)O)[C@H]1OS(=O)(=O)O. The number of aromatic hydroxyl groups is 4. The smallest absolute Gasteiger partial charge is 0.397 e. The largest absolute Gasteiger partial charge is 0.508 e. The molecule has 0 unspecified atom stereocenters. The van der Waals surface area contributed by atoms with E-state index >= 15 is 0 Å². The van der Waals surface area contributed by atoms with Gasteiger partial charge in [-0.1, -0.05) is 0 Å². The summed E-state index contributed by atoms with van der Waals surface area (Å²) in [6.45, 7) is -0.950. The zero-order valence-electron chi connectivity index (χ0n) is 32.1. The van der Waals surface area contributed by atoms with E-state index in [9.17, 15) is 103 Å². The highest BCUT2D eigenvalue weighted by atomic mass is 32.3. The topological polar surface area (TPSA) is 530 Å². The predicted molar refractivity (Wildman–Crippen MR) is 203 cm³/mol. The van der Waals surface area contributed by atoms with E-state index in [-0.39, 0.29) is 0 Å². The van der Waals surface area contributed by atoms with Crippen LogP contribution in [0, 0.1) is 0 Å². The fourth-order valence-corrected chi connectivity index (χ4v) is 9.29. The molecule has 2 aliphatic heterocycles. The van der Waals surface area contributed by atoms with Gasteiger partial charge < -0.3 is 43.8 Å². The molecule has 1 aromatic heterocycles. The number of benzene rings is 2. The lowest BCUT2D eigenvalue weighted by Crippen LogP contribution is -2.65. The van der Waals surface area contributed by atoms with Gasteiger partial charge in [0.2, 0.25) is 17.5 Å². The number of rotatable bonds is 18. The molecular weight excluding hydrogens is 1060 g/mol. The summed E-state index contributed by atoms with van der Waals surface area (Å²) in [4.78, 5) is 14.1. The molecule has 0 amide bonds. The quantitative estimate of drug-likeness (QED) is 0.0457. The van der Waals surface area contributed by atoms with Gasteiger partial charge in [0.15, 0.2) is 35.8 Å². The fourth-order valence-electron chi connectivity index (χ4n) is 6.27. The molecule has 5 rings (SSSR count). The van der Waals surface area contributed by atoms with Crippen LogP contribution in [-0.2, 0) is 102 Å². The predicted octanol–water partition coefficient (Wildman–Crippen LogP) is -2.72. The summed E-state index contributed by atoms with van der Waals surface area (Å²) in [5.41, 5.74) is -2.73. The summed E-state index contributed by atoms with van der Waals surface area (Å²) >= 11 is 0. The molecule has 10 N–H and O–H groups in total. The van der Waals surface area contributed by atoms with Crippen LogP contribution >= 0.6 is 0 Å². The Bertz CT molecular complexity index is 3110. The highest BCUT2D eigenvalue weighted by Gasteiger charge is 2.57. The van der Waals surface area contributed by atoms with Gasteiger partial charge in [0.05, 0.1) is 12.7 Å². The number of hydrogen-bond acceptors (Lipinski definition) is 28. The first-order valence-corrected chi connectivity index (χ1v) is 25.2. The van der Waals surface area contributed by atoms with E-state index in [1.165, 1.54) is 0 Å². The second-order valence-electron chi connectivity index (χ2n) is 13.3. The third kappa shape index (κ3) is 14.4. The summed E-state index contributed by atoms with van der Waals surface area (Å²) in [6, 6.07) is 3.69. The summed E-state index contributed by atoms with van der Waals surface area (Å²) in [5.74, 6) is -5.83. The first kappa shape index (κ1) is 53.7. The van der Waals surface area contributed by atoms with E-state index in [0.717, 1.165) is 25.1 Å². The van der Waals surface area contributed by atoms with Crippen molar-refractivity contribution in [3.8, 4) is 40.1 Å². The van der Waals surface area contributed by atoms with Crippen molar-refractivity contribution < 1.29 is 147 Å². The van der Waals surface area contributed by atoms with Crippen LogP contribution in [0.4, 0.5) is 0 Å². The molecule has 10 atom stereocenters. The minimum atomic E-state index is -6.12. The molecule has 2 aromatic carbocycles. The van der Waals surface area contributed by atoms with Gasteiger partial charge in [-0.25, -0.2) is 25.1 Å². The van der Waals surface area contributed by atoms with E-state index in [0.29, 0.717) is 12.1 Å². The average molecular weight is 1090 g/mol. The van der Waals surface area contributed by atoms with Gasteiger partial charge in [0.1, 0.15) is 53.0 Å². The molecule has 0 saturated carbocycles. The number of phenolic OH excluding ortho intramolecular Hbond substituents is 4. The van der Waals surface area contributed by atoms with Crippen LogP contribution in [0.2, 0.25) is 0 Å². The van der Waals surface area contributed by atoms with Crippen molar-refractivity contribution in [3.05, 3.63) is 40.6 Å². The molecule has 2 saturated heterocycles. The Hall–Kier alpha value is -4.25. The second-order valence-corrected chi connectivity index (χ2v) is 19.6. The zero-order chi connectivity index (χ0) is 50.6. The molecule has 3 heterocycles. The van der Waals surface area contributed by atoms with Crippen LogP contribution in [-0.4, -0.2) is 166 Å². The van der Waals surface area contributed by atoms with Crippen molar-refractivity contribution in [3.63, 3.8) is 0 Å². The van der Waals surface area contributed by atoms with Crippen LogP contribution in [0.3, 0.4) is 0 Å². The second kappa shape index (κ2) is 19.3. The molecular formula is C27H30O34S6. The van der Waals surface area contributed by atoms with E-state index < -0.39 is 187 Å². The Morgan fingerprint density at radius 1 is 0.537 bits per heavy atom. The van der Waals surface area contributed by atoms with Crippen molar-refractivity contribution in [2.75, 3.05) is 6.61 Å². The van der Waals surface area contributed by atoms with Crippen LogP contribution in [0.25, 0.3) is 22.3 Å². The molecule has 2 aliphatic rings. The highest BCUT2D eigenvalue weighted by Crippen LogP contribution is 2.41. The van der Waals surface area contributed by atoms with Gasteiger partial charge in [-0.3, -0.25) is 32.1 Å². The zero-order valence-corrected chi connectivity index (χ0v) is 37.0. The lowest BCUT2D eigenvalue weighted by Gasteiger charge is -2.45. The Morgan fingerprint density at radius 2 is 1.00 bits per heavy atom. The van der Waals surface area contributed by atoms with E-state index in [4.69, 9.17) is 23.4 Å². The molecule has 0 spiro atoms. The number of hydrogen-bond donors (Lipinski definition) is 10. The van der Waals surface area contributed by atoms with Crippen molar-refractivity contribution >= 4 is 73.4 Å². The monoisotopic (exact) mass is 1090 g/mol. The maximum absolute atomic E-state index is 14.1. The maximum Gasteiger partial charge on any atom is 0.397 e. The van der Waals surface area contributed by atoms with Crippen LogP contribution < -0.4 is 10.2 Å². The van der Waals surface area contributed by atoms with E-state index in [1.807, 2.05) is 0 Å². The van der Waals surface area contributed by atoms with Gasteiger partial charge in [0, 0.05) is 17.7 Å². The van der Waals surface area contributed by atoms with E-state index in [2.05, 4.69) is 25.1 Å². The van der Waals surface area contributed by atoms with Gasteiger partial charge in [-0.05, 0) is 25.1 Å². The lowest BCUT2D eigenvalue weighted by molar-refractivity contribution is -0.306.